The monoisotopic (exact) mass is 250 g/mol. The van der Waals surface area contributed by atoms with Gasteiger partial charge in [0.25, 0.3) is 0 Å². The van der Waals surface area contributed by atoms with Gasteiger partial charge in [-0.3, -0.25) is 0 Å². The first-order chi connectivity index (χ1) is 8.21. The summed E-state index contributed by atoms with van der Waals surface area (Å²) in [6.07, 6.45) is 4.08. The molecule has 2 rings (SSSR count). The highest BCUT2D eigenvalue weighted by molar-refractivity contribution is 6.52. The Morgan fingerprint density at radius 3 is 2.33 bits per heavy atom. The molecule has 0 spiro atoms. The fourth-order valence-corrected chi connectivity index (χ4v) is 1.99. The third-order valence-corrected chi connectivity index (χ3v) is 3.84. The Kier molecular flexibility index (Phi) is 3.28. The molecular formula is C14H20BFO2. The Hall–Kier alpha value is -0.865. The van der Waals surface area contributed by atoms with E-state index < -0.39 is 13.3 Å². The van der Waals surface area contributed by atoms with Gasteiger partial charge in [-0.25, -0.2) is 4.39 Å². The molecule has 0 aromatic rings. The van der Waals surface area contributed by atoms with Crippen LogP contribution in [0.1, 0.15) is 34.6 Å². The molecule has 2 aliphatic rings. The van der Waals surface area contributed by atoms with Crippen LogP contribution in [0.15, 0.2) is 35.3 Å². The van der Waals surface area contributed by atoms with Crippen molar-refractivity contribution in [1.29, 1.82) is 0 Å². The van der Waals surface area contributed by atoms with Crippen molar-refractivity contribution in [2.75, 3.05) is 0 Å². The zero-order valence-corrected chi connectivity index (χ0v) is 11.7. The molecule has 0 amide bonds. The van der Waals surface area contributed by atoms with Crippen LogP contribution >= 0.6 is 0 Å². The molecule has 0 aromatic carbocycles. The second-order valence-corrected chi connectivity index (χ2v) is 5.94. The van der Waals surface area contributed by atoms with E-state index in [1.165, 1.54) is 0 Å². The van der Waals surface area contributed by atoms with Crippen molar-refractivity contribution in [3.05, 3.63) is 35.3 Å². The van der Waals surface area contributed by atoms with Crippen LogP contribution in [0.2, 0.25) is 0 Å². The minimum absolute atomic E-state index is 0.385. The van der Waals surface area contributed by atoms with Gasteiger partial charge in [0, 0.05) is 0 Å². The summed E-state index contributed by atoms with van der Waals surface area (Å²) in [6.45, 7) is 9.89. The van der Waals surface area contributed by atoms with Crippen LogP contribution < -0.4 is 0 Å². The summed E-state index contributed by atoms with van der Waals surface area (Å²) in [6, 6.07) is 0. The fourth-order valence-electron chi connectivity index (χ4n) is 1.99. The highest BCUT2D eigenvalue weighted by Crippen LogP contribution is 2.37. The van der Waals surface area contributed by atoms with Gasteiger partial charge in [0.2, 0.25) is 0 Å². The number of hydrogen-bond acceptors (Lipinski definition) is 2. The molecule has 2 nitrogen and oxygen atoms in total. The summed E-state index contributed by atoms with van der Waals surface area (Å²) in [5.74, 6) is 1.73. The van der Waals surface area contributed by atoms with E-state index in [0.29, 0.717) is 5.57 Å². The van der Waals surface area contributed by atoms with Crippen molar-refractivity contribution < 1.29 is 13.7 Å². The van der Waals surface area contributed by atoms with Crippen molar-refractivity contribution in [2.24, 2.45) is 0 Å². The van der Waals surface area contributed by atoms with E-state index in [0.717, 1.165) is 5.57 Å². The molecular weight excluding hydrogens is 230 g/mol. The molecule has 1 atom stereocenters. The molecule has 1 aliphatic carbocycles. The van der Waals surface area contributed by atoms with E-state index >= 15 is 0 Å². The first-order valence-corrected chi connectivity index (χ1v) is 6.29. The van der Waals surface area contributed by atoms with E-state index in [9.17, 15) is 4.39 Å². The fraction of sp³-hybridized carbons (Fsp3) is 0.571. The van der Waals surface area contributed by atoms with E-state index in [1.54, 1.807) is 18.1 Å². The molecule has 1 heterocycles. The molecule has 98 valence electrons. The quantitative estimate of drug-likeness (QED) is 0.664. The molecule has 0 saturated carbocycles. The number of rotatable bonds is 1. The standard InChI is InChI=1S/C14H20BFO2/c1-10-6-7-12(16)11(8-10)9-15-17-13(2,3)14(4,5)18-15/h6-9,12H,1-5H3/b11-9-/t12-/m0/s1. The molecule has 18 heavy (non-hydrogen) atoms. The summed E-state index contributed by atoms with van der Waals surface area (Å²) in [5.41, 5.74) is 0.869. The molecule has 0 aromatic heterocycles. The maximum absolute atomic E-state index is 13.7. The van der Waals surface area contributed by atoms with E-state index in [1.807, 2.05) is 40.7 Å². The second kappa shape index (κ2) is 4.35. The van der Waals surface area contributed by atoms with Gasteiger partial charge < -0.3 is 9.31 Å². The summed E-state index contributed by atoms with van der Waals surface area (Å²) < 4.78 is 25.4. The largest absolute Gasteiger partial charge is 0.487 e. The van der Waals surface area contributed by atoms with Crippen LogP contribution in [-0.2, 0) is 9.31 Å². The zero-order chi connectivity index (χ0) is 13.6. The lowest BCUT2D eigenvalue weighted by atomic mass is 9.84. The number of hydrogen-bond donors (Lipinski definition) is 0. The first kappa shape index (κ1) is 13.6. The van der Waals surface area contributed by atoms with Crippen LogP contribution in [0.5, 0.6) is 0 Å². The predicted molar refractivity (Wildman–Crippen MR) is 72.0 cm³/mol. The van der Waals surface area contributed by atoms with Gasteiger partial charge in [0.1, 0.15) is 6.17 Å². The smallest absolute Gasteiger partial charge is 0.400 e. The minimum atomic E-state index is -1.08. The van der Waals surface area contributed by atoms with Crippen LogP contribution in [0, 0.1) is 0 Å². The number of allylic oxidation sites excluding steroid dienone is 5. The first-order valence-electron chi connectivity index (χ1n) is 6.29. The Balaban J connectivity index is 2.19. The zero-order valence-electron chi connectivity index (χ0n) is 11.7. The molecule has 4 heteroatoms. The molecule has 1 fully saturated rings. The highest BCUT2D eigenvalue weighted by Gasteiger charge is 2.50. The van der Waals surface area contributed by atoms with Crippen LogP contribution in [-0.4, -0.2) is 24.5 Å². The van der Waals surface area contributed by atoms with Crippen molar-refractivity contribution >= 4 is 7.12 Å². The molecule has 0 unspecified atom stereocenters. The van der Waals surface area contributed by atoms with Crippen LogP contribution in [0.25, 0.3) is 0 Å². The van der Waals surface area contributed by atoms with Crippen molar-refractivity contribution in [3.63, 3.8) is 0 Å². The molecule has 0 radical (unpaired) electrons. The van der Waals surface area contributed by atoms with Crippen LogP contribution in [0.3, 0.4) is 0 Å². The Labute approximate surface area is 109 Å². The van der Waals surface area contributed by atoms with Gasteiger partial charge >= 0.3 is 7.12 Å². The van der Waals surface area contributed by atoms with Gasteiger partial charge in [-0.15, -0.1) is 0 Å². The number of halogens is 1. The van der Waals surface area contributed by atoms with E-state index in [2.05, 4.69) is 0 Å². The lowest BCUT2D eigenvalue weighted by Gasteiger charge is -2.32. The predicted octanol–water partition coefficient (Wildman–Crippen LogP) is 3.40. The highest BCUT2D eigenvalue weighted by atomic mass is 19.1. The van der Waals surface area contributed by atoms with Gasteiger partial charge in [-0.1, -0.05) is 17.7 Å². The van der Waals surface area contributed by atoms with E-state index in [-0.39, 0.29) is 11.2 Å². The maximum atomic E-state index is 13.7. The van der Waals surface area contributed by atoms with Gasteiger partial charge in [0.15, 0.2) is 0 Å². The summed E-state index contributed by atoms with van der Waals surface area (Å²) in [7, 11) is -0.487. The molecule has 1 saturated heterocycles. The average Bonchev–Trinajstić information content (AvgIpc) is 2.41. The lowest BCUT2D eigenvalue weighted by Crippen LogP contribution is -2.41. The summed E-state index contributed by atoms with van der Waals surface area (Å²) >= 11 is 0. The van der Waals surface area contributed by atoms with E-state index in [4.69, 9.17) is 9.31 Å². The third kappa shape index (κ3) is 2.45. The maximum Gasteiger partial charge on any atom is 0.487 e. The normalized spacial score (nSPS) is 31.9. The number of alkyl halides is 1. The topological polar surface area (TPSA) is 18.5 Å². The van der Waals surface area contributed by atoms with Crippen molar-refractivity contribution in [3.8, 4) is 0 Å². The van der Waals surface area contributed by atoms with Crippen molar-refractivity contribution in [2.45, 2.75) is 52.0 Å². The lowest BCUT2D eigenvalue weighted by molar-refractivity contribution is 0.00578. The Morgan fingerprint density at radius 1 is 1.22 bits per heavy atom. The minimum Gasteiger partial charge on any atom is -0.400 e. The summed E-state index contributed by atoms with van der Waals surface area (Å²) in [5, 5.41) is 0. The van der Waals surface area contributed by atoms with Gasteiger partial charge in [0.05, 0.1) is 11.2 Å². The SMILES string of the molecule is CC1=C/C(=C/B2OC(C)(C)C(C)(C)O2)[C@@H](F)C=C1. The molecule has 0 bridgehead atoms. The molecule has 0 N–H and O–H groups in total. The third-order valence-electron chi connectivity index (χ3n) is 3.84. The average molecular weight is 250 g/mol. The van der Waals surface area contributed by atoms with Crippen LogP contribution in [0.4, 0.5) is 4.39 Å². The Bertz CT molecular complexity index is 419. The Morgan fingerprint density at radius 2 is 1.78 bits per heavy atom. The van der Waals surface area contributed by atoms with Gasteiger partial charge in [-0.2, -0.15) is 0 Å². The van der Waals surface area contributed by atoms with Gasteiger partial charge in [-0.05, 0) is 52.2 Å². The van der Waals surface area contributed by atoms with Crippen molar-refractivity contribution in [1.82, 2.24) is 0 Å². The second-order valence-electron chi connectivity index (χ2n) is 5.94. The summed E-state index contributed by atoms with van der Waals surface area (Å²) in [4.78, 5) is 0. The molecule has 1 aliphatic heterocycles.